The fraction of sp³-hybridized carbons (Fsp3) is 0.974. The second-order valence-corrected chi connectivity index (χ2v) is 15.5. The van der Waals surface area contributed by atoms with E-state index in [4.69, 9.17) is 4.74 Å². The Morgan fingerprint density at radius 2 is 1.39 bits per heavy atom. The van der Waals surface area contributed by atoms with Crippen molar-refractivity contribution in [1.29, 1.82) is 0 Å². The molecule has 0 spiro atoms. The van der Waals surface area contributed by atoms with Crippen molar-refractivity contribution in [3.05, 3.63) is 0 Å². The van der Waals surface area contributed by atoms with Crippen molar-refractivity contribution >= 4 is 5.97 Å². The summed E-state index contributed by atoms with van der Waals surface area (Å²) >= 11 is 0. The topological polar surface area (TPSA) is 26.3 Å². The van der Waals surface area contributed by atoms with E-state index in [2.05, 4.69) is 41.5 Å². The molecule has 4 aliphatic carbocycles. The van der Waals surface area contributed by atoms with Crippen molar-refractivity contribution in [2.45, 2.75) is 192 Å². The maximum absolute atomic E-state index is 12.6. The average molecular weight is 577 g/mol. The molecule has 0 aromatic carbocycles. The van der Waals surface area contributed by atoms with Crippen LogP contribution in [0.5, 0.6) is 0 Å². The van der Waals surface area contributed by atoms with Gasteiger partial charge in [-0.3, -0.25) is 4.79 Å². The van der Waals surface area contributed by atoms with Gasteiger partial charge in [0.25, 0.3) is 0 Å². The Labute approximate surface area is 259 Å². The molecular weight excluding hydrogens is 500 g/mol. The number of carbonyl (C=O) groups excluding carboxylic acids is 1. The molecule has 0 N–H and O–H groups in total. The van der Waals surface area contributed by atoms with Gasteiger partial charge in [-0.05, 0) is 131 Å². The van der Waals surface area contributed by atoms with E-state index < -0.39 is 5.41 Å². The largest absolute Gasteiger partial charge is 0.462 e. The van der Waals surface area contributed by atoms with Gasteiger partial charge >= 0.3 is 5.97 Å². The van der Waals surface area contributed by atoms with Crippen molar-refractivity contribution in [3.63, 3.8) is 0 Å². The molecule has 2 nitrogen and oxygen atoms in total. The fourth-order valence-corrected chi connectivity index (χ4v) is 9.76. The van der Waals surface area contributed by atoms with Crippen LogP contribution in [0.15, 0.2) is 0 Å². The summed E-state index contributed by atoms with van der Waals surface area (Å²) in [5.74, 6) is 5.44. The van der Waals surface area contributed by atoms with Crippen LogP contribution in [-0.2, 0) is 9.53 Å². The van der Waals surface area contributed by atoms with Crippen LogP contribution in [-0.4, -0.2) is 12.1 Å². The maximum atomic E-state index is 12.6. The van der Waals surface area contributed by atoms with Gasteiger partial charge in [-0.25, -0.2) is 0 Å². The minimum absolute atomic E-state index is 0.00903. The molecule has 4 saturated carbocycles. The molecule has 0 amide bonds. The van der Waals surface area contributed by atoms with Crippen LogP contribution in [0.25, 0.3) is 0 Å². The lowest BCUT2D eigenvalue weighted by molar-refractivity contribution is -0.159. The van der Waals surface area contributed by atoms with Gasteiger partial charge < -0.3 is 4.74 Å². The summed E-state index contributed by atoms with van der Waals surface area (Å²) in [6, 6.07) is 0. The SMILES string of the molecule is CC.CC.CCC.CCCCC(C)C1CCC2C3CCCC4CCC(OC(=O)C(C)(C)C)CCC4(C)C3CCC12C. The zero-order valence-electron chi connectivity index (χ0n) is 30.5. The monoisotopic (exact) mass is 577 g/mol. The highest BCUT2D eigenvalue weighted by Crippen LogP contribution is 2.67. The summed E-state index contributed by atoms with van der Waals surface area (Å²) < 4.78 is 6.07. The molecule has 0 aromatic heterocycles. The molecule has 9 atom stereocenters. The highest BCUT2D eigenvalue weighted by molar-refractivity contribution is 5.75. The molecule has 4 rings (SSSR count). The summed E-state index contributed by atoms with van der Waals surface area (Å²) in [6.45, 7) is 28.5. The second-order valence-electron chi connectivity index (χ2n) is 15.5. The lowest BCUT2D eigenvalue weighted by Gasteiger charge is -2.55. The van der Waals surface area contributed by atoms with Gasteiger partial charge in [-0.1, -0.05) is 101 Å². The molecule has 0 aliphatic heterocycles. The predicted octanol–water partition coefficient (Wildman–Crippen LogP) is 12.7. The van der Waals surface area contributed by atoms with E-state index in [0.717, 1.165) is 48.3 Å². The number of unbranched alkanes of at least 4 members (excludes halogenated alkanes) is 1. The zero-order chi connectivity index (χ0) is 31.4. The molecule has 9 unspecified atom stereocenters. The molecule has 0 bridgehead atoms. The Kier molecular flexibility index (Phi) is 16.6. The summed E-state index contributed by atoms with van der Waals surface area (Å²) in [7, 11) is 0. The standard InChI is InChI=1S/C32H56O2.C3H8.2C2H6/c1-8-9-11-22(2)26-16-17-27-25-13-10-12-23-14-15-24(34-29(33)30(3,4)5)18-20-31(23,6)28(25)19-21-32(26,27)7;1-3-2;2*1-2/h22-28H,8-21H2,1-7H3;3H2,1-2H3;2*1-2H3. The first kappa shape index (κ1) is 38.5. The normalized spacial score (nSPS) is 36.9. The third kappa shape index (κ3) is 9.23. The van der Waals surface area contributed by atoms with Crippen LogP contribution < -0.4 is 0 Å². The van der Waals surface area contributed by atoms with E-state index in [-0.39, 0.29) is 12.1 Å². The molecule has 4 fully saturated rings. The summed E-state index contributed by atoms with van der Waals surface area (Å²) in [5.41, 5.74) is 0.629. The Balaban J connectivity index is 0.00000110. The van der Waals surface area contributed by atoms with Gasteiger partial charge in [-0.15, -0.1) is 0 Å². The Bertz CT molecular complexity index is 722. The molecular formula is C39H76O2. The first-order valence-corrected chi connectivity index (χ1v) is 18.6. The molecule has 41 heavy (non-hydrogen) atoms. The minimum Gasteiger partial charge on any atom is -0.462 e. The van der Waals surface area contributed by atoms with E-state index in [9.17, 15) is 4.79 Å². The number of rotatable bonds is 5. The summed E-state index contributed by atoms with van der Waals surface area (Å²) in [6.07, 6.45) is 20.5. The number of fused-ring (bicyclic) bond motifs is 5. The molecule has 0 radical (unpaired) electrons. The number of hydrogen-bond acceptors (Lipinski definition) is 2. The molecule has 0 aromatic rings. The van der Waals surface area contributed by atoms with E-state index >= 15 is 0 Å². The van der Waals surface area contributed by atoms with Crippen LogP contribution >= 0.6 is 0 Å². The maximum Gasteiger partial charge on any atom is 0.311 e. The number of hydrogen-bond donors (Lipinski definition) is 0. The number of ether oxygens (including phenoxy) is 1. The van der Waals surface area contributed by atoms with Gasteiger partial charge in [0.1, 0.15) is 6.10 Å². The van der Waals surface area contributed by atoms with Gasteiger partial charge in [0.2, 0.25) is 0 Å². The van der Waals surface area contributed by atoms with Gasteiger partial charge in [0, 0.05) is 0 Å². The highest BCUT2D eigenvalue weighted by atomic mass is 16.5. The van der Waals surface area contributed by atoms with E-state index in [1.807, 2.05) is 48.5 Å². The average Bonchev–Trinajstić information content (AvgIpc) is 3.13. The molecule has 0 heterocycles. The van der Waals surface area contributed by atoms with Crippen LogP contribution in [0.1, 0.15) is 186 Å². The van der Waals surface area contributed by atoms with Gasteiger partial charge in [0.15, 0.2) is 0 Å². The zero-order valence-corrected chi connectivity index (χ0v) is 30.5. The highest BCUT2D eigenvalue weighted by Gasteiger charge is 2.59. The Morgan fingerprint density at radius 1 is 0.805 bits per heavy atom. The Morgan fingerprint density at radius 3 is 1.98 bits per heavy atom. The van der Waals surface area contributed by atoms with Crippen molar-refractivity contribution in [3.8, 4) is 0 Å². The lowest BCUT2D eigenvalue weighted by Crippen LogP contribution is -2.48. The quantitative estimate of drug-likeness (QED) is 0.304. The van der Waals surface area contributed by atoms with E-state index in [0.29, 0.717) is 10.8 Å². The van der Waals surface area contributed by atoms with Crippen molar-refractivity contribution < 1.29 is 9.53 Å². The third-order valence-corrected chi connectivity index (χ3v) is 11.8. The fourth-order valence-electron chi connectivity index (χ4n) is 9.76. The van der Waals surface area contributed by atoms with Crippen molar-refractivity contribution in [2.24, 2.45) is 51.8 Å². The van der Waals surface area contributed by atoms with Crippen molar-refractivity contribution in [1.82, 2.24) is 0 Å². The molecule has 2 heteroatoms. The van der Waals surface area contributed by atoms with Gasteiger partial charge in [-0.2, -0.15) is 0 Å². The van der Waals surface area contributed by atoms with Crippen LogP contribution in [0.4, 0.5) is 0 Å². The number of carbonyl (C=O) groups is 1. The second kappa shape index (κ2) is 17.7. The first-order valence-electron chi connectivity index (χ1n) is 18.6. The predicted molar refractivity (Wildman–Crippen MR) is 181 cm³/mol. The van der Waals surface area contributed by atoms with Gasteiger partial charge in [0.05, 0.1) is 5.41 Å². The summed E-state index contributed by atoms with van der Waals surface area (Å²) in [4.78, 5) is 12.6. The number of esters is 1. The minimum atomic E-state index is -0.396. The molecule has 0 saturated heterocycles. The first-order chi connectivity index (χ1) is 19.4. The van der Waals surface area contributed by atoms with Crippen LogP contribution in [0.2, 0.25) is 0 Å². The Hall–Kier alpha value is -0.530. The van der Waals surface area contributed by atoms with Crippen molar-refractivity contribution in [2.75, 3.05) is 0 Å². The lowest BCUT2D eigenvalue weighted by atomic mass is 9.50. The summed E-state index contributed by atoms with van der Waals surface area (Å²) in [5, 5.41) is 0. The van der Waals surface area contributed by atoms with E-state index in [1.54, 1.807) is 0 Å². The van der Waals surface area contributed by atoms with Crippen LogP contribution in [0, 0.1) is 51.8 Å². The molecule has 244 valence electrons. The van der Waals surface area contributed by atoms with Crippen LogP contribution in [0.3, 0.4) is 0 Å². The smallest absolute Gasteiger partial charge is 0.311 e. The van der Waals surface area contributed by atoms with E-state index in [1.165, 1.54) is 83.5 Å². The molecule has 4 aliphatic rings. The third-order valence-electron chi connectivity index (χ3n) is 11.8.